The van der Waals surface area contributed by atoms with Gasteiger partial charge in [-0.3, -0.25) is 19.6 Å². The molecule has 2 aliphatic heterocycles. The first-order valence-electron chi connectivity index (χ1n) is 11.2. The smallest absolute Gasteiger partial charge is 0.254 e. The van der Waals surface area contributed by atoms with Gasteiger partial charge in [0.2, 0.25) is 0 Å². The Morgan fingerprint density at radius 2 is 1.00 bits per heavy atom. The summed E-state index contributed by atoms with van der Waals surface area (Å²) in [4.78, 5) is 38.5. The van der Waals surface area contributed by atoms with Crippen LogP contribution >= 0.6 is 0 Å². The van der Waals surface area contributed by atoms with E-state index < -0.39 is 0 Å². The number of nitrogens with zero attached hydrogens (tertiary/aromatic N) is 4. The molecular formula is C26H26N4O2. The molecule has 162 valence electrons. The largest absolute Gasteiger partial charge is 0.332 e. The van der Waals surface area contributed by atoms with Crippen LogP contribution in [0.1, 0.15) is 69.6 Å². The topological polar surface area (TPSA) is 66.4 Å². The Kier molecular flexibility index (Phi) is 5.67. The van der Waals surface area contributed by atoms with E-state index in [2.05, 4.69) is 9.97 Å². The molecular weight excluding hydrogens is 400 g/mol. The second-order valence-corrected chi connectivity index (χ2v) is 8.45. The maximum atomic E-state index is 13.2. The third kappa shape index (κ3) is 3.88. The predicted octanol–water partition coefficient (Wildman–Crippen LogP) is 4.43. The van der Waals surface area contributed by atoms with Gasteiger partial charge in [-0.15, -0.1) is 0 Å². The zero-order valence-electron chi connectivity index (χ0n) is 17.9. The molecule has 5 rings (SSSR count). The molecule has 4 heterocycles. The SMILES string of the molecule is O=C(c1ccc(C(=O)N2CCCC2c2ccncc2)cc1)N1CCCC1c1ccncc1. The summed E-state index contributed by atoms with van der Waals surface area (Å²) in [5, 5.41) is 0. The average Bonchev–Trinajstić information content (AvgIpc) is 3.55. The number of carbonyl (C=O) groups is 2. The number of carbonyl (C=O) groups excluding carboxylic acids is 2. The first kappa shape index (κ1) is 20.4. The van der Waals surface area contributed by atoms with Gasteiger partial charge in [0.25, 0.3) is 11.8 Å². The minimum Gasteiger partial charge on any atom is -0.332 e. The summed E-state index contributed by atoms with van der Waals surface area (Å²) in [6.07, 6.45) is 11.0. The van der Waals surface area contributed by atoms with E-state index in [9.17, 15) is 9.59 Å². The molecule has 0 radical (unpaired) electrons. The summed E-state index contributed by atoms with van der Waals surface area (Å²) < 4.78 is 0. The van der Waals surface area contributed by atoms with Crippen molar-refractivity contribution in [2.24, 2.45) is 0 Å². The number of rotatable bonds is 4. The van der Waals surface area contributed by atoms with Crippen molar-refractivity contribution in [3.8, 4) is 0 Å². The second kappa shape index (κ2) is 8.91. The molecule has 1 aromatic carbocycles. The van der Waals surface area contributed by atoms with E-state index in [1.54, 1.807) is 49.1 Å². The number of aromatic nitrogens is 2. The number of benzene rings is 1. The summed E-state index contributed by atoms with van der Waals surface area (Å²) in [5.74, 6) is 0.0262. The van der Waals surface area contributed by atoms with Gasteiger partial charge in [-0.05, 0) is 85.3 Å². The fraction of sp³-hybridized carbons (Fsp3) is 0.308. The number of pyridine rings is 2. The molecule has 2 unspecified atom stereocenters. The van der Waals surface area contributed by atoms with Crippen molar-refractivity contribution in [3.63, 3.8) is 0 Å². The lowest BCUT2D eigenvalue weighted by Crippen LogP contribution is -2.31. The third-order valence-electron chi connectivity index (χ3n) is 6.59. The van der Waals surface area contributed by atoms with Gasteiger partial charge in [0, 0.05) is 49.0 Å². The first-order valence-corrected chi connectivity index (χ1v) is 11.2. The van der Waals surface area contributed by atoms with Crippen molar-refractivity contribution in [1.82, 2.24) is 19.8 Å². The Hall–Kier alpha value is -3.54. The molecule has 2 saturated heterocycles. The highest BCUT2D eigenvalue weighted by molar-refractivity contribution is 5.98. The Bertz CT molecular complexity index is 997. The van der Waals surface area contributed by atoms with Gasteiger partial charge in [0.05, 0.1) is 12.1 Å². The number of amides is 2. The molecule has 2 amide bonds. The maximum absolute atomic E-state index is 13.2. The molecule has 2 atom stereocenters. The van der Waals surface area contributed by atoms with Crippen LogP contribution in [0.4, 0.5) is 0 Å². The van der Waals surface area contributed by atoms with Gasteiger partial charge >= 0.3 is 0 Å². The molecule has 0 saturated carbocycles. The van der Waals surface area contributed by atoms with Crippen LogP contribution in [0.2, 0.25) is 0 Å². The van der Waals surface area contributed by atoms with E-state index in [4.69, 9.17) is 0 Å². The lowest BCUT2D eigenvalue weighted by atomic mass is 10.0. The van der Waals surface area contributed by atoms with E-state index in [1.165, 1.54) is 0 Å². The van der Waals surface area contributed by atoms with Gasteiger partial charge in [-0.2, -0.15) is 0 Å². The Balaban J connectivity index is 1.32. The van der Waals surface area contributed by atoms with Crippen LogP contribution in [0, 0.1) is 0 Å². The van der Waals surface area contributed by atoms with Gasteiger partial charge in [-0.1, -0.05) is 0 Å². The standard InChI is InChI=1S/C26H26N4O2/c31-25(29-17-1-3-23(29)19-9-13-27-14-10-19)21-5-7-22(8-6-21)26(32)30-18-2-4-24(30)20-11-15-28-16-12-20/h5-16,23-24H,1-4,17-18H2. The van der Waals surface area contributed by atoms with Crippen molar-refractivity contribution < 1.29 is 9.59 Å². The van der Waals surface area contributed by atoms with E-state index in [0.29, 0.717) is 11.1 Å². The van der Waals surface area contributed by atoms with Gasteiger partial charge in [0.1, 0.15) is 0 Å². The summed E-state index contributed by atoms with van der Waals surface area (Å²) in [6.45, 7) is 1.49. The lowest BCUT2D eigenvalue weighted by molar-refractivity contribution is 0.0723. The normalized spacial score (nSPS) is 20.5. The van der Waals surface area contributed by atoms with Crippen LogP contribution in [0.5, 0.6) is 0 Å². The molecule has 2 aliphatic rings. The minimum atomic E-state index is 0.0131. The maximum Gasteiger partial charge on any atom is 0.254 e. The van der Waals surface area contributed by atoms with Crippen molar-refractivity contribution in [2.45, 2.75) is 37.8 Å². The van der Waals surface area contributed by atoms with E-state index in [1.807, 2.05) is 34.1 Å². The molecule has 0 aliphatic carbocycles. The summed E-state index contributed by atoms with van der Waals surface area (Å²) in [7, 11) is 0. The Labute approximate surface area is 187 Å². The fourth-order valence-corrected chi connectivity index (χ4v) is 4.97. The highest BCUT2D eigenvalue weighted by Gasteiger charge is 2.32. The molecule has 0 spiro atoms. The quantitative estimate of drug-likeness (QED) is 0.619. The van der Waals surface area contributed by atoms with Gasteiger partial charge < -0.3 is 9.80 Å². The van der Waals surface area contributed by atoms with Crippen molar-refractivity contribution >= 4 is 11.8 Å². The van der Waals surface area contributed by atoms with E-state index >= 15 is 0 Å². The van der Waals surface area contributed by atoms with Crippen LogP contribution in [-0.2, 0) is 0 Å². The number of likely N-dealkylation sites (tertiary alicyclic amines) is 2. The molecule has 6 heteroatoms. The van der Waals surface area contributed by atoms with E-state index in [0.717, 1.165) is 49.9 Å². The van der Waals surface area contributed by atoms with Gasteiger partial charge in [-0.25, -0.2) is 0 Å². The fourth-order valence-electron chi connectivity index (χ4n) is 4.97. The predicted molar refractivity (Wildman–Crippen MR) is 121 cm³/mol. The van der Waals surface area contributed by atoms with Crippen LogP contribution in [0.15, 0.2) is 73.3 Å². The lowest BCUT2D eigenvalue weighted by Gasteiger charge is -2.26. The average molecular weight is 427 g/mol. The zero-order chi connectivity index (χ0) is 21.9. The molecule has 0 bridgehead atoms. The Morgan fingerprint density at radius 1 is 0.625 bits per heavy atom. The molecule has 3 aromatic rings. The first-order chi connectivity index (χ1) is 15.7. The molecule has 0 N–H and O–H groups in total. The minimum absolute atomic E-state index is 0.0131. The summed E-state index contributed by atoms with van der Waals surface area (Å²) >= 11 is 0. The highest BCUT2D eigenvalue weighted by Crippen LogP contribution is 2.34. The highest BCUT2D eigenvalue weighted by atomic mass is 16.2. The van der Waals surface area contributed by atoms with Crippen molar-refractivity contribution in [3.05, 3.63) is 95.6 Å². The molecule has 2 fully saturated rings. The van der Waals surface area contributed by atoms with Crippen LogP contribution in [0.25, 0.3) is 0 Å². The van der Waals surface area contributed by atoms with Crippen molar-refractivity contribution in [1.29, 1.82) is 0 Å². The number of hydrogen-bond donors (Lipinski definition) is 0. The monoisotopic (exact) mass is 426 g/mol. The van der Waals surface area contributed by atoms with Gasteiger partial charge in [0.15, 0.2) is 0 Å². The molecule has 32 heavy (non-hydrogen) atoms. The second-order valence-electron chi connectivity index (χ2n) is 8.45. The summed E-state index contributed by atoms with van der Waals surface area (Å²) in [5.41, 5.74) is 3.48. The van der Waals surface area contributed by atoms with Crippen LogP contribution in [0.3, 0.4) is 0 Å². The van der Waals surface area contributed by atoms with E-state index in [-0.39, 0.29) is 23.9 Å². The molecule has 6 nitrogen and oxygen atoms in total. The molecule has 2 aromatic heterocycles. The summed E-state index contributed by atoms with van der Waals surface area (Å²) in [6, 6.07) is 15.2. The third-order valence-corrected chi connectivity index (χ3v) is 6.59. The van der Waals surface area contributed by atoms with Crippen LogP contribution < -0.4 is 0 Å². The zero-order valence-corrected chi connectivity index (χ0v) is 17.9. The number of hydrogen-bond acceptors (Lipinski definition) is 4. The van der Waals surface area contributed by atoms with Crippen LogP contribution in [-0.4, -0.2) is 44.7 Å². The Morgan fingerprint density at radius 3 is 1.38 bits per heavy atom. The van der Waals surface area contributed by atoms with Crippen molar-refractivity contribution in [2.75, 3.05) is 13.1 Å².